The number of para-hydroxylation sites is 1. The van der Waals surface area contributed by atoms with Gasteiger partial charge in [-0.15, -0.1) is 0 Å². The Balaban J connectivity index is 1.40. The van der Waals surface area contributed by atoms with Crippen LogP contribution in [0.5, 0.6) is 0 Å². The molecule has 2 aliphatic rings. The molecule has 2 aromatic rings. The van der Waals surface area contributed by atoms with Crippen LogP contribution in [0.3, 0.4) is 0 Å². The fourth-order valence-corrected chi connectivity index (χ4v) is 4.98. The third-order valence-corrected chi connectivity index (χ3v) is 6.72. The number of piperidine rings is 1. The molecule has 2 saturated heterocycles. The largest absolute Gasteiger partial charge is 0.339 e. The molecule has 6 heteroatoms. The predicted molar refractivity (Wildman–Crippen MR) is 129 cm³/mol. The van der Waals surface area contributed by atoms with Gasteiger partial charge in [0.2, 0.25) is 5.91 Å². The minimum atomic E-state index is -0.0933. The first kappa shape index (κ1) is 22.8. The summed E-state index contributed by atoms with van der Waals surface area (Å²) in [5.41, 5.74) is 2.38. The monoisotopic (exact) mass is 453 g/mol. The van der Waals surface area contributed by atoms with Gasteiger partial charge in [0.15, 0.2) is 0 Å². The van der Waals surface area contributed by atoms with E-state index in [1.165, 1.54) is 12.8 Å². The summed E-state index contributed by atoms with van der Waals surface area (Å²) in [4.78, 5) is 30.6. The average molecular weight is 454 g/mol. The standard InChI is InChI=1S/C26H32ClN3O2/c27-22-11-7-9-20(17-22)18-29-14-8-10-21(19-29)25(31)28-24-13-4-3-12-23(24)26(32)30-15-5-1-2-6-16-30/h3-4,7,9,11-13,17,21H,1-2,5-6,8,10,14-16,18-19H2,(H,28,31). The van der Waals surface area contributed by atoms with E-state index in [2.05, 4.69) is 16.3 Å². The van der Waals surface area contributed by atoms with Gasteiger partial charge in [-0.25, -0.2) is 0 Å². The van der Waals surface area contributed by atoms with Crippen LogP contribution in [0.15, 0.2) is 48.5 Å². The molecule has 5 nitrogen and oxygen atoms in total. The van der Waals surface area contributed by atoms with Crippen molar-refractivity contribution in [3.05, 3.63) is 64.7 Å². The maximum Gasteiger partial charge on any atom is 0.255 e. The molecular weight excluding hydrogens is 422 g/mol. The quantitative estimate of drug-likeness (QED) is 0.676. The second-order valence-electron chi connectivity index (χ2n) is 8.95. The third kappa shape index (κ3) is 5.90. The van der Waals surface area contributed by atoms with Crippen molar-refractivity contribution in [3.8, 4) is 0 Å². The SMILES string of the molecule is O=C(Nc1ccccc1C(=O)N1CCCCCC1)C1CCCN(Cc2cccc(Cl)c2)C1. The van der Waals surface area contributed by atoms with Crippen LogP contribution < -0.4 is 5.32 Å². The van der Waals surface area contributed by atoms with Crippen LogP contribution in [0.1, 0.15) is 54.4 Å². The molecule has 0 spiro atoms. The zero-order valence-corrected chi connectivity index (χ0v) is 19.3. The van der Waals surface area contributed by atoms with E-state index in [-0.39, 0.29) is 17.7 Å². The number of carbonyl (C=O) groups excluding carboxylic acids is 2. The molecule has 0 radical (unpaired) electrons. The molecular formula is C26H32ClN3O2. The molecule has 170 valence electrons. The Morgan fingerprint density at radius 1 is 0.938 bits per heavy atom. The van der Waals surface area contributed by atoms with E-state index in [1.807, 2.05) is 47.4 Å². The number of rotatable bonds is 5. The molecule has 2 heterocycles. The second kappa shape index (κ2) is 11.0. The predicted octanol–water partition coefficient (Wildman–Crippen LogP) is 5.21. The summed E-state index contributed by atoms with van der Waals surface area (Å²) >= 11 is 6.12. The number of nitrogens with one attached hydrogen (secondary N) is 1. The number of anilines is 1. The minimum absolute atomic E-state index is 0.00286. The van der Waals surface area contributed by atoms with Crippen molar-refractivity contribution in [1.29, 1.82) is 0 Å². The van der Waals surface area contributed by atoms with Crippen LogP contribution in [0.4, 0.5) is 5.69 Å². The molecule has 0 aliphatic carbocycles. The van der Waals surface area contributed by atoms with Gasteiger partial charge < -0.3 is 10.2 Å². The van der Waals surface area contributed by atoms with Gasteiger partial charge >= 0.3 is 0 Å². The summed E-state index contributed by atoms with van der Waals surface area (Å²) in [6.45, 7) is 4.06. The lowest BCUT2D eigenvalue weighted by Gasteiger charge is -2.32. The van der Waals surface area contributed by atoms with E-state index < -0.39 is 0 Å². The van der Waals surface area contributed by atoms with Crippen molar-refractivity contribution in [2.45, 2.75) is 45.1 Å². The van der Waals surface area contributed by atoms with Gasteiger partial charge in [-0.3, -0.25) is 14.5 Å². The number of halogens is 1. The summed E-state index contributed by atoms with van der Waals surface area (Å²) in [5.74, 6) is -0.0739. The van der Waals surface area contributed by atoms with E-state index in [9.17, 15) is 9.59 Å². The Hall–Kier alpha value is -2.37. The van der Waals surface area contributed by atoms with Gasteiger partial charge in [-0.05, 0) is 62.1 Å². The molecule has 1 N–H and O–H groups in total. The van der Waals surface area contributed by atoms with Gasteiger partial charge in [-0.1, -0.05) is 48.7 Å². The highest BCUT2D eigenvalue weighted by atomic mass is 35.5. The van der Waals surface area contributed by atoms with Crippen molar-refractivity contribution in [2.75, 3.05) is 31.5 Å². The number of amides is 2. The second-order valence-corrected chi connectivity index (χ2v) is 9.38. The van der Waals surface area contributed by atoms with Crippen molar-refractivity contribution >= 4 is 29.1 Å². The summed E-state index contributed by atoms with van der Waals surface area (Å²) in [6.07, 6.45) is 6.29. The minimum Gasteiger partial charge on any atom is -0.339 e. The third-order valence-electron chi connectivity index (χ3n) is 6.48. The van der Waals surface area contributed by atoms with Crippen LogP contribution in [0, 0.1) is 5.92 Å². The summed E-state index contributed by atoms with van der Waals surface area (Å²) in [5, 5.41) is 3.81. The molecule has 0 aromatic heterocycles. The fraction of sp³-hybridized carbons (Fsp3) is 0.462. The fourth-order valence-electron chi connectivity index (χ4n) is 4.76. The van der Waals surface area contributed by atoms with E-state index in [0.717, 1.165) is 62.4 Å². The highest BCUT2D eigenvalue weighted by molar-refractivity contribution is 6.30. The van der Waals surface area contributed by atoms with E-state index >= 15 is 0 Å². The zero-order chi connectivity index (χ0) is 22.3. The molecule has 0 saturated carbocycles. The topological polar surface area (TPSA) is 52.7 Å². The smallest absolute Gasteiger partial charge is 0.255 e. The van der Waals surface area contributed by atoms with Crippen LogP contribution in [0.25, 0.3) is 0 Å². The van der Waals surface area contributed by atoms with E-state index in [1.54, 1.807) is 0 Å². The Kier molecular flexibility index (Phi) is 7.82. The average Bonchev–Trinajstić information content (AvgIpc) is 3.09. The number of benzene rings is 2. The summed E-state index contributed by atoms with van der Waals surface area (Å²) < 4.78 is 0. The first-order valence-corrected chi connectivity index (χ1v) is 12.1. The first-order valence-electron chi connectivity index (χ1n) is 11.8. The normalized spacial score (nSPS) is 19.9. The number of nitrogens with zero attached hydrogens (tertiary/aromatic N) is 2. The summed E-state index contributed by atoms with van der Waals surface area (Å²) in [6, 6.07) is 15.3. The van der Waals surface area contributed by atoms with Gasteiger partial charge in [-0.2, -0.15) is 0 Å². The Labute approximate surface area is 195 Å². The van der Waals surface area contributed by atoms with Crippen LogP contribution in [-0.2, 0) is 11.3 Å². The molecule has 2 fully saturated rings. The molecule has 1 atom stereocenters. The number of hydrogen-bond donors (Lipinski definition) is 1. The number of likely N-dealkylation sites (tertiary alicyclic amines) is 2. The van der Waals surface area contributed by atoms with Gasteiger partial charge in [0.1, 0.15) is 0 Å². The van der Waals surface area contributed by atoms with Crippen LogP contribution in [0.2, 0.25) is 5.02 Å². The Morgan fingerprint density at radius 3 is 2.50 bits per heavy atom. The molecule has 1 unspecified atom stereocenters. The zero-order valence-electron chi connectivity index (χ0n) is 18.6. The van der Waals surface area contributed by atoms with Gasteiger partial charge in [0, 0.05) is 31.2 Å². The van der Waals surface area contributed by atoms with Gasteiger partial charge in [0.05, 0.1) is 17.2 Å². The molecule has 32 heavy (non-hydrogen) atoms. The Morgan fingerprint density at radius 2 is 1.72 bits per heavy atom. The Bertz CT molecular complexity index is 940. The lowest BCUT2D eigenvalue weighted by Crippen LogP contribution is -2.40. The highest BCUT2D eigenvalue weighted by Gasteiger charge is 2.27. The summed E-state index contributed by atoms with van der Waals surface area (Å²) in [7, 11) is 0. The molecule has 2 aliphatic heterocycles. The number of carbonyl (C=O) groups is 2. The maximum atomic E-state index is 13.2. The lowest BCUT2D eigenvalue weighted by molar-refractivity contribution is -0.121. The maximum absolute atomic E-state index is 13.2. The lowest BCUT2D eigenvalue weighted by atomic mass is 9.96. The van der Waals surface area contributed by atoms with E-state index in [4.69, 9.17) is 11.6 Å². The first-order chi connectivity index (χ1) is 15.6. The molecule has 2 amide bonds. The van der Waals surface area contributed by atoms with Crippen LogP contribution in [-0.4, -0.2) is 47.8 Å². The van der Waals surface area contributed by atoms with E-state index in [0.29, 0.717) is 17.8 Å². The van der Waals surface area contributed by atoms with Crippen LogP contribution >= 0.6 is 11.6 Å². The van der Waals surface area contributed by atoms with Gasteiger partial charge in [0.25, 0.3) is 5.91 Å². The van der Waals surface area contributed by atoms with Crippen molar-refractivity contribution in [3.63, 3.8) is 0 Å². The molecule has 2 aromatic carbocycles. The van der Waals surface area contributed by atoms with Crippen molar-refractivity contribution in [1.82, 2.24) is 9.80 Å². The highest BCUT2D eigenvalue weighted by Crippen LogP contribution is 2.24. The number of hydrogen-bond acceptors (Lipinski definition) is 3. The van der Waals surface area contributed by atoms with Crippen molar-refractivity contribution in [2.24, 2.45) is 5.92 Å². The molecule has 0 bridgehead atoms. The van der Waals surface area contributed by atoms with Crippen molar-refractivity contribution < 1.29 is 9.59 Å². The molecule has 4 rings (SSSR count).